The van der Waals surface area contributed by atoms with Crippen LogP contribution in [0.3, 0.4) is 0 Å². The van der Waals surface area contributed by atoms with Gasteiger partial charge in [0, 0.05) is 5.92 Å². The molecule has 0 aliphatic heterocycles. The van der Waals surface area contributed by atoms with Crippen LogP contribution in [-0.2, 0) is 0 Å². The van der Waals surface area contributed by atoms with Gasteiger partial charge in [0.25, 0.3) is 0 Å². The van der Waals surface area contributed by atoms with Gasteiger partial charge in [-0.3, -0.25) is 0 Å². The lowest BCUT2D eigenvalue weighted by atomic mass is 9.84. The van der Waals surface area contributed by atoms with Crippen molar-refractivity contribution in [1.29, 1.82) is 0 Å². The molecule has 0 saturated carbocycles. The third-order valence-corrected chi connectivity index (χ3v) is 5.11. The second kappa shape index (κ2) is 6.05. The normalized spacial score (nSPS) is 11.2. The van der Waals surface area contributed by atoms with Gasteiger partial charge in [-0.15, -0.1) is 0 Å². The zero-order valence-electron chi connectivity index (χ0n) is 14.6. The van der Waals surface area contributed by atoms with Gasteiger partial charge in [0.15, 0.2) is 0 Å². The molecule has 0 atom stereocenters. The van der Waals surface area contributed by atoms with E-state index in [0.29, 0.717) is 5.92 Å². The lowest BCUT2D eigenvalue weighted by molar-refractivity contribution is 0.772. The molecular formula is C21H28. The van der Waals surface area contributed by atoms with Gasteiger partial charge in [-0.25, -0.2) is 0 Å². The standard InChI is InChI=1S/C21H28/c1-8-21(19-9-13(2)17(6)14(3)10-19)20-11-15(4)18(7)16(5)12-20/h9-12,21H,8H2,1-7H3. The zero-order chi connectivity index (χ0) is 15.7. The molecule has 0 amide bonds. The van der Waals surface area contributed by atoms with E-state index in [-0.39, 0.29) is 0 Å². The first kappa shape index (κ1) is 15.8. The average Bonchev–Trinajstić information content (AvgIpc) is 2.42. The summed E-state index contributed by atoms with van der Waals surface area (Å²) >= 11 is 0. The Morgan fingerprint density at radius 1 is 0.619 bits per heavy atom. The average molecular weight is 280 g/mol. The summed E-state index contributed by atoms with van der Waals surface area (Å²) in [7, 11) is 0. The zero-order valence-corrected chi connectivity index (χ0v) is 14.6. The lowest BCUT2D eigenvalue weighted by Gasteiger charge is -2.21. The van der Waals surface area contributed by atoms with E-state index < -0.39 is 0 Å². The minimum Gasteiger partial charge on any atom is -0.0645 e. The molecule has 2 aromatic rings. The van der Waals surface area contributed by atoms with Gasteiger partial charge in [-0.05, 0) is 92.5 Å². The number of benzene rings is 2. The number of aryl methyl sites for hydroxylation is 4. The first-order chi connectivity index (χ1) is 9.85. The molecule has 0 saturated heterocycles. The van der Waals surface area contributed by atoms with Gasteiger partial charge in [-0.1, -0.05) is 31.2 Å². The Hall–Kier alpha value is -1.56. The van der Waals surface area contributed by atoms with Crippen LogP contribution >= 0.6 is 0 Å². The van der Waals surface area contributed by atoms with Gasteiger partial charge in [0.1, 0.15) is 0 Å². The van der Waals surface area contributed by atoms with Crippen LogP contribution in [0, 0.1) is 41.5 Å². The third-order valence-electron chi connectivity index (χ3n) is 5.11. The Bertz CT molecular complexity index is 558. The Morgan fingerprint density at radius 2 is 0.905 bits per heavy atom. The molecule has 0 fully saturated rings. The van der Waals surface area contributed by atoms with Crippen LogP contribution in [-0.4, -0.2) is 0 Å². The van der Waals surface area contributed by atoms with Crippen molar-refractivity contribution in [2.45, 2.75) is 60.8 Å². The fraction of sp³-hybridized carbons (Fsp3) is 0.429. The summed E-state index contributed by atoms with van der Waals surface area (Å²) in [6.07, 6.45) is 1.14. The summed E-state index contributed by atoms with van der Waals surface area (Å²) in [5, 5.41) is 0. The summed E-state index contributed by atoms with van der Waals surface area (Å²) in [5.41, 5.74) is 11.4. The number of hydrogen-bond donors (Lipinski definition) is 0. The van der Waals surface area contributed by atoms with Crippen LogP contribution in [0.1, 0.15) is 63.8 Å². The van der Waals surface area contributed by atoms with Crippen molar-refractivity contribution < 1.29 is 0 Å². The molecule has 0 aliphatic rings. The fourth-order valence-corrected chi connectivity index (χ4v) is 3.20. The van der Waals surface area contributed by atoms with Crippen molar-refractivity contribution in [2.24, 2.45) is 0 Å². The summed E-state index contributed by atoms with van der Waals surface area (Å²) in [6, 6.07) is 9.50. The first-order valence-corrected chi connectivity index (χ1v) is 8.00. The van der Waals surface area contributed by atoms with Crippen LogP contribution in [0.5, 0.6) is 0 Å². The van der Waals surface area contributed by atoms with Crippen LogP contribution in [0.15, 0.2) is 24.3 Å². The van der Waals surface area contributed by atoms with E-state index in [9.17, 15) is 0 Å². The van der Waals surface area contributed by atoms with Crippen LogP contribution < -0.4 is 0 Å². The SMILES string of the molecule is CCC(c1cc(C)c(C)c(C)c1)c1cc(C)c(C)c(C)c1. The maximum atomic E-state index is 2.38. The molecular weight excluding hydrogens is 252 g/mol. The third kappa shape index (κ3) is 3.05. The molecule has 0 aromatic heterocycles. The quantitative estimate of drug-likeness (QED) is 0.639. The number of rotatable bonds is 3. The van der Waals surface area contributed by atoms with Gasteiger partial charge in [-0.2, -0.15) is 0 Å². The van der Waals surface area contributed by atoms with Crippen LogP contribution in [0.2, 0.25) is 0 Å². The van der Waals surface area contributed by atoms with Crippen molar-refractivity contribution in [3.8, 4) is 0 Å². The van der Waals surface area contributed by atoms with Gasteiger partial charge in [0.05, 0.1) is 0 Å². The molecule has 2 rings (SSSR count). The second-order valence-corrected chi connectivity index (χ2v) is 6.52. The maximum absolute atomic E-state index is 2.38. The van der Waals surface area contributed by atoms with Gasteiger partial charge < -0.3 is 0 Å². The molecule has 0 bridgehead atoms. The van der Waals surface area contributed by atoms with E-state index in [1.807, 2.05) is 0 Å². The molecule has 21 heavy (non-hydrogen) atoms. The van der Waals surface area contributed by atoms with E-state index >= 15 is 0 Å². The molecule has 0 spiro atoms. The molecule has 112 valence electrons. The summed E-state index contributed by atoms with van der Waals surface area (Å²) in [5.74, 6) is 0.501. The van der Waals surface area contributed by atoms with Crippen LogP contribution in [0.25, 0.3) is 0 Å². The summed E-state index contributed by atoms with van der Waals surface area (Å²) in [6.45, 7) is 15.6. The Kier molecular flexibility index (Phi) is 4.56. The Morgan fingerprint density at radius 3 is 1.14 bits per heavy atom. The van der Waals surface area contributed by atoms with Crippen molar-refractivity contribution in [2.75, 3.05) is 0 Å². The van der Waals surface area contributed by atoms with E-state index in [4.69, 9.17) is 0 Å². The predicted molar refractivity (Wildman–Crippen MR) is 93.4 cm³/mol. The number of hydrogen-bond acceptors (Lipinski definition) is 0. The predicted octanol–water partition coefficient (Wildman–Crippen LogP) is 6.08. The molecule has 0 heterocycles. The van der Waals surface area contributed by atoms with E-state index in [1.165, 1.54) is 44.5 Å². The molecule has 2 aromatic carbocycles. The highest BCUT2D eigenvalue weighted by Crippen LogP contribution is 2.32. The largest absolute Gasteiger partial charge is 0.0645 e. The molecule has 0 heteroatoms. The highest BCUT2D eigenvalue weighted by molar-refractivity contribution is 5.45. The second-order valence-electron chi connectivity index (χ2n) is 6.52. The van der Waals surface area contributed by atoms with Gasteiger partial charge >= 0.3 is 0 Å². The lowest BCUT2D eigenvalue weighted by Crippen LogP contribution is -2.04. The maximum Gasteiger partial charge on any atom is 0.00871 e. The Balaban J connectivity index is 2.54. The van der Waals surface area contributed by atoms with Crippen molar-refractivity contribution in [3.05, 3.63) is 68.8 Å². The minimum atomic E-state index is 0.501. The smallest absolute Gasteiger partial charge is 0.00871 e. The fourth-order valence-electron chi connectivity index (χ4n) is 3.20. The summed E-state index contributed by atoms with van der Waals surface area (Å²) < 4.78 is 0. The highest BCUT2D eigenvalue weighted by Gasteiger charge is 2.15. The Labute approximate surface area is 130 Å². The van der Waals surface area contributed by atoms with Crippen molar-refractivity contribution in [3.63, 3.8) is 0 Å². The highest BCUT2D eigenvalue weighted by atomic mass is 14.2. The monoisotopic (exact) mass is 280 g/mol. The summed E-state index contributed by atoms with van der Waals surface area (Å²) in [4.78, 5) is 0. The minimum absolute atomic E-state index is 0.501. The first-order valence-electron chi connectivity index (χ1n) is 8.00. The molecule has 0 N–H and O–H groups in total. The van der Waals surface area contributed by atoms with Gasteiger partial charge in [0.2, 0.25) is 0 Å². The van der Waals surface area contributed by atoms with Crippen molar-refractivity contribution >= 4 is 0 Å². The van der Waals surface area contributed by atoms with Crippen molar-refractivity contribution in [1.82, 2.24) is 0 Å². The molecule has 0 unspecified atom stereocenters. The topological polar surface area (TPSA) is 0 Å². The van der Waals surface area contributed by atoms with E-state index in [2.05, 4.69) is 72.7 Å². The molecule has 0 radical (unpaired) electrons. The van der Waals surface area contributed by atoms with Crippen LogP contribution in [0.4, 0.5) is 0 Å². The molecule has 0 nitrogen and oxygen atoms in total. The van der Waals surface area contributed by atoms with E-state index in [0.717, 1.165) is 6.42 Å². The van der Waals surface area contributed by atoms with E-state index in [1.54, 1.807) is 0 Å². The molecule has 0 aliphatic carbocycles.